The number of nitrogens with zero attached hydrogens (tertiary/aromatic N) is 2. The van der Waals surface area contributed by atoms with Gasteiger partial charge in [-0.1, -0.05) is 12.1 Å². The summed E-state index contributed by atoms with van der Waals surface area (Å²) in [6.45, 7) is -2.49. The minimum atomic E-state index is -4.05. The summed E-state index contributed by atoms with van der Waals surface area (Å²) in [6.07, 6.45) is 3.92. The van der Waals surface area contributed by atoms with Gasteiger partial charge in [0.1, 0.15) is 10.7 Å². The number of pyridine rings is 1. The first kappa shape index (κ1) is 12.9. The fourth-order valence-corrected chi connectivity index (χ4v) is 3.73. The van der Waals surface area contributed by atoms with Gasteiger partial charge < -0.3 is 5.32 Å². The number of hydrogen-bond acceptors (Lipinski definition) is 4. The van der Waals surface area contributed by atoms with Crippen LogP contribution in [0.4, 0.5) is 4.39 Å². The maximum atomic E-state index is 14.3. The zero-order valence-electron chi connectivity index (χ0n) is 15.5. The lowest BCUT2D eigenvalue weighted by Gasteiger charge is -2.10. The average Bonchev–Trinajstić information content (AvgIpc) is 3.05. The Morgan fingerprint density at radius 1 is 1.29 bits per heavy atom. The highest BCUT2D eigenvalue weighted by atomic mass is 32.2. The standard InChI is InChI=1S/C17H16FN3O2S/c1-19-10-13-9-17(15-6-2-3-7-16(15)18)21(12-13)24(22,23)14-5-4-8-20-11-14/h2-9,11-12,19H,10H2,1H3/i1D3. The van der Waals surface area contributed by atoms with Crippen LogP contribution in [0.1, 0.15) is 9.68 Å². The molecule has 124 valence electrons. The SMILES string of the molecule is [2H]C([2H])([2H])NCc1cc(-c2ccccc2F)n(S(=O)(=O)c2cccnc2)c1. The van der Waals surface area contributed by atoms with Gasteiger partial charge in [0.25, 0.3) is 10.0 Å². The summed E-state index contributed by atoms with van der Waals surface area (Å²) >= 11 is 0. The van der Waals surface area contributed by atoms with Gasteiger partial charge >= 0.3 is 0 Å². The normalized spacial score (nSPS) is 14.0. The van der Waals surface area contributed by atoms with Crippen molar-refractivity contribution < 1.29 is 16.9 Å². The Bertz CT molecular complexity index is 1050. The molecule has 5 nitrogen and oxygen atoms in total. The summed E-state index contributed by atoms with van der Waals surface area (Å²) in [4.78, 5) is 3.76. The Morgan fingerprint density at radius 2 is 2.12 bits per heavy atom. The van der Waals surface area contributed by atoms with Gasteiger partial charge in [-0.3, -0.25) is 4.98 Å². The second-order valence-corrected chi connectivity index (χ2v) is 6.87. The molecule has 2 heterocycles. The van der Waals surface area contributed by atoms with E-state index in [0.717, 1.165) is 3.97 Å². The highest BCUT2D eigenvalue weighted by molar-refractivity contribution is 7.90. The number of nitrogens with one attached hydrogen (secondary N) is 1. The van der Waals surface area contributed by atoms with Gasteiger partial charge in [0, 0.05) is 34.8 Å². The van der Waals surface area contributed by atoms with Crippen LogP contribution >= 0.6 is 0 Å². The molecule has 1 N–H and O–H groups in total. The maximum absolute atomic E-state index is 14.3. The van der Waals surface area contributed by atoms with E-state index in [9.17, 15) is 12.8 Å². The molecule has 3 aromatic rings. The van der Waals surface area contributed by atoms with Crippen LogP contribution < -0.4 is 5.32 Å². The molecule has 0 radical (unpaired) electrons. The molecule has 24 heavy (non-hydrogen) atoms. The van der Waals surface area contributed by atoms with Crippen molar-refractivity contribution in [1.29, 1.82) is 0 Å². The molecule has 0 amide bonds. The molecule has 1 aromatic carbocycles. The largest absolute Gasteiger partial charge is 0.316 e. The quantitative estimate of drug-likeness (QED) is 0.770. The fraction of sp³-hybridized carbons (Fsp3) is 0.118. The number of halogens is 1. The first-order valence-corrected chi connectivity index (χ1v) is 8.49. The molecule has 7 heteroatoms. The Hall–Kier alpha value is -2.51. The maximum Gasteiger partial charge on any atom is 0.269 e. The van der Waals surface area contributed by atoms with Crippen LogP contribution in [0.15, 0.2) is 66.0 Å². The molecule has 0 unspecified atom stereocenters. The van der Waals surface area contributed by atoms with Gasteiger partial charge in [-0.25, -0.2) is 16.8 Å². The smallest absolute Gasteiger partial charge is 0.269 e. The van der Waals surface area contributed by atoms with E-state index in [2.05, 4.69) is 10.3 Å². The van der Waals surface area contributed by atoms with Crippen LogP contribution in [0.25, 0.3) is 11.3 Å². The van der Waals surface area contributed by atoms with Gasteiger partial charge in [0.15, 0.2) is 0 Å². The van der Waals surface area contributed by atoms with Crippen LogP contribution in [0, 0.1) is 5.82 Å². The molecule has 0 bridgehead atoms. The van der Waals surface area contributed by atoms with Gasteiger partial charge in [0.05, 0.1) is 5.69 Å². The van der Waals surface area contributed by atoms with E-state index < -0.39 is 22.8 Å². The lowest BCUT2D eigenvalue weighted by Crippen LogP contribution is -2.14. The monoisotopic (exact) mass is 348 g/mol. The summed E-state index contributed by atoms with van der Waals surface area (Å²) in [5.41, 5.74) is 0.571. The zero-order valence-corrected chi connectivity index (χ0v) is 13.3. The lowest BCUT2D eigenvalue weighted by atomic mass is 10.1. The predicted molar refractivity (Wildman–Crippen MR) is 89.4 cm³/mol. The lowest BCUT2D eigenvalue weighted by molar-refractivity contribution is 0.587. The summed E-state index contributed by atoms with van der Waals surface area (Å²) < 4.78 is 63.0. The molecule has 2 aromatic heterocycles. The number of benzene rings is 1. The van der Waals surface area contributed by atoms with E-state index in [4.69, 9.17) is 4.11 Å². The predicted octanol–water partition coefficient (Wildman–Crippen LogP) is 2.65. The van der Waals surface area contributed by atoms with Crippen LogP contribution in [0.3, 0.4) is 0 Å². The molecular weight excluding hydrogens is 329 g/mol. The third-order valence-corrected chi connectivity index (χ3v) is 5.13. The van der Waals surface area contributed by atoms with E-state index in [0.29, 0.717) is 5.56 Å². The molecule has 3 rings (SSSR count). The minimum Gasteiger partial charge on any atom is -0.316 e. The van der Waals surface area contributed by atoms with Crippen molar-refractivity contribution in [3.63, 3.8) is 0 Å². The first-order chi connectivity index (χ1) is 12.7. The van der Waals surface area contributed by atoms with Gasteiger partial charge in [-0.2, -0.15) is 0 Å². The first-order valence-electron chi connectivity index (χ1n) is 8.55. The number of aromatic nitrogens is 2. The van der Waals surface area contributed by atoms with E-state index in [-0.39, 0.29) is 22.7 Å². The Balaban J connectivity index is 2.14. The molecule has 0 aliphatic carbocycles. The third kappa shape index (κ3) is 2.95. The van der Waals surface area contributed by atoms with E-state index in [1.54, 1.807) is 6.07 Å². The molecule has 0 atom stereocenters. The average molecular weight is 348 g/mol. The molecule has 0 saturated heterocycles. The highest BCUT2D eigenvalue weighted by Gasteiger charge is 2.23. The van der Waals surface area contributed by atoms with Crippen molar-refractivity contribution in [1.82, 2.24) is 14.3 Å². The van der Waals surface area contributed by atoms with Gasteiger partial charge in [-0.05, 0) is 42.9 Å². The molecule has 0 spiro atoms. The number of hydrogen-bond donors (Lipinski definition) is 1. The summed E-state index contributed by atoms with van der Waals surface area (Å²) in [5.74, 6) is -0.589. The van der Waals surface area contributed by atoms with Crippen molar-refractivity contribution in [3.05, 3.63) is 72.4 Å². The van der Waals surface area contributed by atoms with Crippen LogP contribution in [0.2, 0.25) is 0 Å². The minimum absolute atomic E-state index is 0.0616. The highest BCUT2D eigenvalue weighted by Crippen LogP contribution is 2.28. The van der Waals surface area contributed by atoms with E-state index in [1.807, 2.05) is 0 Å². The van der Waals surface area contributed by atoms with Crippen LogP contribution in [-0.2, 0) is 16.6 Å². The Kier molecular flexibility index (Phi) is 3.51. The summed E-state index contributed by atoms with van der Waals surface area (Å²) in [5, 5.41) is 2.32. The zero-order chi connectivity index (χ0) is 19.7. The Labute approximate surface area is 144 Å². The van der Waals surface area contributed by atoms with Crippen molar-refractivity contribution in [2.45, 2.75) is 11.4 Å². The second-order valence-electron chi connectivity index (χ2n) is 5.06. The molecule has 0 aliphatic rings. The van der Waals surface area contributed by atoms with Crippen LogP contribution in [0.5, 0.6) is 0 Å². The second kappa shape index (κ2) is 6.54. The van der Waals surface area contributed by atoms with Crippen molar-refractivity contribution >= 4 is 10.0 Å². The van der Waals surface area contributed by atoms with Crippen molar-refractivity contribution in [2.75, 3.05) is 6.98 Å². The molecule has 0 aliphatic heterocycles. The van der Waals surface area contributed by atoms with Gasteiger partial charge in [0.2, 0.25) is 0 Å². The number of rotatable bonds is 5. The molecule has 0 fully saturated rings. The Morgan fingerprint density at radius 3 is 2.83 bits per heavy atom. The van der Waals surface area contributed by atoms with Crippen molar-refractivity contribution in [3.8, 4) is 11.3 Å². The van der Waals surface area contributed by atoms with Crippen molar-refractivity contribution in [2.24, 2.45) is 0 Å². The molecular formula is C17H16FN3O2S. The molecule has 0 saturated carbocycles. The third-order valence-electron chi connectivity index (χ3n) is 3.48. The summed E-state index contributed by atoms with van der Waals surface area (Å²) in [7, 11) is -4.05. The van der Waals surface area contributed by atoms with Gasteiger partial charge in [-0.15, -0.1) is 0 Å². The van der Waals surface area contributed by atoms with E-state index >= 15 is 0 Å². The fourth-order valence-electron chi connectivity index (χ4n) is 2.37. The van der Waals surface area contributed by atoms with Crippen LogP contribution in [-0.4, -0.2) is 24.4 Å². The summed E-state index contributed by atoms with van der Waals surface area (Å²) in [6, 6.07) is 10.1. The topological polar surface area (TPSA) is 64.0 Å². The van der Waals surface area contributed by atoms with E-state index in [1.165, 1.54) is 55.0 Å².